The molecule has 2 aromatic carbocycles. The van der Waals surface area contributed by atoms with Crippen LogP contribution < -0.4 is 15.4 Å². The van der Waals surface area contributed by atoms with Crippen molar-refractivity contribution >= 4 is 46.2 Å². The first-order chi connectivity index (χ1) is 15.9. The maximum atomic E-state index is 11.4. The predicted octanol–water partition coefficient (Wildman–Crippen LogP) is 4.05. The second kappa shape index (κ2) is 10.7. The molecule has 0 aliphatic carbocycles. The average molecular weight is 575 g/mol. The molecule has 2 heterocycles. The molecule has 1 amide bonds. The monoisotopic (exact) mass is 575 g/mol. The molecule has 0 radical (unpaired) electrons. The fourth-order valence-corrected chi connectivity index (χ4v) is 5.04. The molecule has 1 saturated heterocycles. The molecule has 0 spiro atoms. The summed E-state index contributed by atoms with van der Waals surface area (Å²) < 4.78 is 7.36. The van der Waals surface area contributed by atoms with Gasteiger partial charge in [-0.3, -0.25) is 4.79 Å². The number of amides is 1. The summed E-state index contributed by atoms with van der Waals surface area (Å²) in [7, 11) is 4.21. The van der Waals surface area contributed by atoms with Gasteiger partial charge in [0.2, 0.25) is 17.7 Å². The van der Waals surface area contributed by atoms with Crippen molar-refractivity contribution in [1.29, 1.82) is 0 Å². The van der Waals surface area contributed by atoms with Crippen LogP contribution in [0.25, 0.3) is 0 Å². The second-order valence-corrected chi connectivity index (χ2v) is 10.5. The highest BCUT2D eigenvalue weighted by molar-refractivity contribution is 14.1. The minimum Gasteiger partial charge on any atom is -0.472 e. The summed E-state index contributed by atoms with van der Waals surface area (Å²) in [6, 6.07) is 15.9. The van der Waals surface area contributed by atoms with Crippen LogP contribution in [-0.4, -0.2) is 54.0 Å². The number of nitrogens with two attached hydrogens (primary N) is 1. The van der Waals surface area contributed by atoms with E-state index in [1.165, 1.54) is 11.8 Å². The van der Waals surface area contributed by atoms with Crippen molar-refractivity contribution in [3.63, 3.8) is 0 Å². The number of hydrogen-bond donors (Lipinski definition) is 1. The van der Waals surface area contributed by atoms with E-state index in [9.17, 15) is 4.79 Å². The molecule has 1 aliphatic heterocycles. The van der Waals surface area contributed by atoms with Gasteiger partial charge in [-0.2, -0.15) is 4.98 Å². The smallest absolute Gasteiger partial charge is 0.248 e. The van der Waals surface area contributed by atoms with Gasteiger partial charge < -0.3 is 20.3 Å². The zero-order valence-electron chi connectivity index (χ0n) is 18.6. The molecule has 172 valence electrons. The van der Waals surface area contributed by atoms with Gasteiger partial charge in [0.15, 0.2) is 0 Å². The summed E-state index contributed by atoms with van der Waals surface area (Å²) in [5.74, 6) is 0.795. The summed E-state index contributed by atoms with van der Waals surface area (Å²) in [6.07, 6.45) is 2.90. The molecule has 1 unspecified atom stereocenters. The number of hydrogen-bond acceptors (Lipinski definition) is 7. The Labute approximate surface area is 211 Å². The Morgan fingerprint density at radius 1 is 1.27 bits per heavy atom. The molecule has 1 aromatic heterocycles. The summed E-state index contributed by atoms with van der Waals surface area (Å²) in [5.41, 5.74) is 6.92. The lowest BCUT2D eigenvalue weighted by Gasteiger charge is -2.21. The second-order valence-electron chi connectivity index (χ2n) is 8.10. The van der Waals surface area contributed by atoms with Gasteiger partial charge in [-0.05, 0) is 85.1 Å². The summed E-state index contributed by atoms with van der Waals surface area (Å²) in [5, 5.41) is 0. The van der Waals surface area contributed by atoms with E-state index in [-0.39, 0.29) is 0 Å². The highest BCUT2D eigenvalue weighted by Crippen LogP contribution is 2.35. The Kier molecular flexibility index (Phi) is 7.71. The van der Waals surface area contributed by atoms with E-state index in [0.29, 0.717) is 30.0 Å². The quantitative estimate of drug-likeness (QED) is 0.406. The fraction of sp³-hybridized carbons (Fsp3) is 0.292. The van der Waals surface area contributed by atoms with Gasteiger partial charge >= 0.3 is 0 Å². The van der Waals surface area contributed by atoms with Crippen LogP contribution in [0.4, 0.5) is 5.95 Å². The highest BCUT2D eigenvalue weighted by atomic mass is 127. The number of carbonyl (C=O) groups is 1. The van der Waals surface area contributed by atoms with Crippen molar-refractivity contribution in [1.82, 2.24) is 14.9 Å². The first kappa shape index (κ1) is 23.8. The maximum absolute atomic E-state index is 11.4. The Balaban J connectivity index is 1.58. The molecule has 9 heteroatoms. The normalized spacial score (nSPS) is 15.8. The maximum Gasteiger partial charge on any atom is 0.248 e. The van der Waals surface area contributed by atoms with Crippen molar-refractivity contribution in [2.75, 3.05) is 32.1 Å². The number of anilines is 1. The van der Waals surface area contributed by atoms with E-state index >= 15 is 0 Å². The lowest BCUT2D eigenvalue weighted by molar-refractivity contribution is 0.1000. The van der Waals surface area contributed by atoms with E-state index in [0.717, 1.165) is 38.4 Å². The SMILES string of the molecule is CN(C)C1CCN(c2ncc(Sc3ccc(C(N)=O)cc3)c(OCc3cccc(I)c3)n2)C1. The van der Waals surface area contributed by atoms with Crippen LogP contribution in [0.2, 0.25) is 0 Å². The molecule has 33 heavy (non-hydrogen) atoms. The zero-order chi connectivity index (χ0) is 23.4. The summed E-state index contributed by atoms with van der Waals surface area (Å²) in [6.45, 7) is 2.23. The molecule has 1 fully saturated rings. The lowest BCUT2D eigenvalue weighted by Crippen LogP contribution is -2.32. The van der Waals surface area contributed by atoms with E-state index in [4.69, 9.17) is 15.5 Å². The predicted molar refractivity (Wildman–Crippen MR) is 139 cm³/mol. The van der Waals surface area contributed by atoms with Gasteiger partial charge in [-0.1, -0.05) is 23.9 Å². The fourth-order valence-electron chi connectivity index (χ4n) is 3.61. The molecule has 4 rings (SSSR count). The zero-order valence-corrected chi connectivity index (χ0v) is 21.5. The van der Waals surface area contributed by atoms with Crippen molar-refractivity contribution < 1.29 is 9.53 Å². The number of likely N-dealkylation sites (N-methyl/N-ethyl adjacent to an activating group) is 1. The van der Waals surface area contributed by atoms with Crippen LogP contribution in [-0.2, 0) is 6.61 Å². The van der Waals surface area contributed by atoms with E-state index in [2.05, 4.69) is 63.6 Å². The third-order valence-electron chi connectivity index (χ3n) is 5.52. The third kappa shape index (κ3) is 6.15. The molecular weight excluding hydrogens is 549 g/mol. The van der Waals surface area contributed by atoms with Gasteiger partial charge in [-0.15, -0.1) is 0 Å². The van der Waals surface area contributed by atoms with Crippen LogP contribution in [0.1, 0.15) is 22.3 Å². The third-order valence-corrected chi connectivity index (χ3v) is 7.20. The van der Waals surface area contributed by atoms with Crippen molar-refractivity contribution in [3.05, 3.63) is 69.4 Å². The molecule has 3 aromatic rings. The van der Waals surface area contributed by atoms with Gasteiger partial charge in [0.1, 0.15) is 6.61 Å². The standard InChI is InChI=1S/C24H26IN5O2S/c1-29(2)19-10-11-30(14-19)24-27-13-21(33-20-8-6-17(7-9-20)22(26)31)23(28-24)32-15-16-4-3-5-18(25)12-16/h3-9,12-13,19H,10-11,14-15H2,1-2H3,(H2,26,31). The van der Waals surface area contributed by atoms with E-state index < -0.39 is 5.91 Å². The molecule has 0 bridgehead atoms. The molecule has 1 atom stereocenters. The number of rotatable bonds is 8. The Morgan fingerprint density at radius 3 is 2.73 bits per heavy atom. The number of carbonyl (C=O) groups excluding carboxylic acids is 1. The minimum atomic E-state index is -0.442. The van der Waals surface area contributed by atoms with E-state index in [1.807, 2.05) is 30.5 Å². The first-order valence-electron chi connectivity index (χ1n) is 10.6. The molecule has 7 nitrogen and oxygen atoms in total. The topological polar surface area (TPSA) is 84.6 Å². The Hall–Kier alpha value is -2.37. The lowest BCUT2D eigenvalue weighted by atomic mass is 10.2. The molecule has 0 saturated carbocycles. The van der Waals surface area contributed by atoms with Crippen molar-refractivity contribution in [2.24, 2.45) is 5.73 Å². The number of aromatic nitrogens is 2. The molecule has 1 aliphatic rings. The number of nitrogens with zero attached hydrogens (tertiary/aromatic N) is 4. The average Bonchev–Trinajstić information content (AvgIpc) is 3.30. The Bertz CT molecular complexity index is 1130. The van der Waals surface area contributed by atoms with Gasteiger partial charge in [0.25, 0.3) is 0 Å². The Morgan fingerprint density at radius 2 is 2.06 bits per heavy atom. The largest absolute Gasteiger partial charge is 0.472 e. The first-order valence-corrected chi connectivity index (χ1v) is 12.5. The van der Waals surface area contributed by atoms with Crippen LogP contribution in [0.5, 0.6) is 5.88 Å². The summed E-state index contributed by atoms with van der Waals surface area (Å²) in [4.78, 5) is 27.0. The van der Waals surface area contributed by atoms with Crippen LogP contribution in [0.3, 0.4) is 0 Å². The number of primary amides is 1. The van der Waals surface area contributed by atoms with Crippen molar-refractivity contribution in [3.8, 4) is 5.88 Å². The number of benzene rings is 2. The van der Waals surface area contributed by atoms with Gasteiger partial charge in [0.05, 0.1) is 11.1 Å². The number of ether oxygens (including phenoxy) is 1. The van der Waals surface area contributed by atoms with Gasteiger partial charge in [-0.25, -0.2) is 4.98 Å². The number of halogens is 1. The van der Waals surface area contributed by atoms with Crippen LogP contribution in [0.15, 0.2) is 64.5 Å². The highest BCUT2D eigenvalue weighted by Gasteiger charge is 2.26. The minimum absolute atomic E-state index is 0.418. The molecule has 2 N–H and O–H groups in total. The van der Waals surface area contributed by atoms with Crippen LogP contribution in [0, 0.1) is 3.57 Å². The molecular formula is C24H26IN5O2S. The van der Waals surface area contributed by atoms with Crippen molar-refractivity contribution in [2.45, 2.75) is 28.9 Å². The van der Waals surface area contributed by atoms with Crippen LogP contribution >= 0.6 is 34.4 Å². The van der Waals surface area contributed by atoms with E-state index in [1.54, 1.807) is 12.1 Å². The van der Waals surface area contributed by atoms with Gasteiger partial charge in [0, 0.05) is 33.2 Å². The summed E-state index contributed by atoms with van der Waals surface area (Å²) >= 11 is 3.80.